The number of amides is 1. The second kappa shape index (κ2) is 4.33. The molecule has 1 amide bonds. The summed E-state index contributed by atoms with van der Waals surface area (Å²) in [5.74, 6) is -0.613. The summed E-state index contributed by atoms with van der Waals surface area (Å²) >= 11 is 0. The highest BCUT2D eigenvalue weighted by Crippen LogP contribution is 2.36. The Morgan fingerprint density at radius 1 is 1.33 bits per heavy atom. The molecule has 2 N–H and O–H groups in total. The van der Waals surface area contributed by atoms with E-state index in [9.17, 15) is 14.9 Å². The van der Waals surface area contributed by atoms with Crippen LogP contribution >= 0.6 is 0 Å². The van der Waals surface area contributed by atoms with Crippen molar-refractivity contribution in [3.63, 3.8) is 0 Å². The minimum Gasteiger partial charge on any atom is -0.490 e. The van der Waals surface area contributed by atoms with Crippen molar-refractivity contribution >= 4 is 22.4 Å². The number of primary amides is 1. The normalized spacial score (nSPS) is 10.3. The zero-order chi connectivity index (χ0) is 13.3. The SMILES string of the molecule is COc1ccc2cccc(C(N)=O)c2c1[N+](=O)[O-]. The lowest BCUT2D eigenvalue weighted by Crippen LogP contribution is -2.12. The highest BCUT2D eigenvalue weighted by atomic mass is 16.6. The van der Waals surface area contributed by atoms with Gasteiger partial charge in [-0.1, -0.05) is 18.2 Å². The van der Waals surface area contributed by atoms with Crippen LogP contribution in [0.25, 0.3) is 10.8 Å². The molecule has 0 atom stereocenters. The number of carbonyl (C=O) groups excluding carboxylic acids is 1. The molecule has 0 unspecified atom stereocenters. The molecule has 6 nitrogen and oxygen atoms in total. The molecule has 2 aromatic carbocycles. The molecule has 2 aromatic rings. The molecular weight excluding hydrogens is 236 g/mol. The van der Waals surface area contributed by atoms with Crippen LogP contribution in [0.3, 0.4) is 0 Å². The van der Waals surface area contributed by atoms with Crippen LogP contribution in [0.4, 0.5) is 5.69 Å². The molecule has 2 rings (SSSR count). The van der Waals surface area contributed by atoms with E-state index in [0.29, 0.717) is 5.39 Å². The summed E-state index contributed by atoms with van der Waals surface area (Å²) in [5.41, 5.74) is 5.10. The van der Waals surface area contributed by atoms with Crippen molar-refractivity contribution in [2.24, 2.45) is 5.73 Å². The zero-order valence-electron chi connectivity index (χ0n) is 9.54. The van der Waals surface area contributed by atoms with Gasteiger partial charge in [0.1, 0.15) is 0 Å². The molecule has 0 saturated heterocycles. The van der Waals surface area contributed by atoms with Crippen LogP contribution in [-0.4, -0.2) is 17.9 Å². The van der Waals surface area contributed by atoms with Gasteiger partial charge in [-0.3, -0.25) is 14.9 Å². The van der Waals surface area contributed by atoms with Crippen LogP contribution in [0.5, 0.6) is 5.75 Å². The highest BCUT2D eigenvalue weighted by molar-refractivity contribution is 6.10. The number of methoxy groups -OCH3 is 1. The van der Waals surface area contributed by atoms with Gasteiger partial charge in [0.15, 0.2) is 5.75 Å². The van der Waals surface area contributed by atoms with Gasteiger partial charge in [0.2, 0.25) is 5.91 Å². The van der Waals surface area contributed by atoms with Crippen molar-refractivity contribution in [1.29, 1.82) is 0 Å². The number of nitro groups is 1. The maximum absolute atomic E-state index is 11.3. The molecule has 18 heavy (non-hydrogen) atoms. The van der Waals surface area contributed by atoms with Crippen molar-refractivity contribution < 1.29 is 14.5 Å². The average Bonchev–Trinajstić information content (AvgIpc) is 2.35. The molecule has 0 spiro atoms. The Labute approximate surface area is 102 Å². The van der Waals surface area contributed by atoms with E-state index >= 15 is 0 Å². The predicted octanol–water partition coefficient (Wildman–Crippen LogP) is 1.86. The Hall–Kier alpha value is -2.63. The topological polar surface area (TPSA) is 95.5 Å². The van der Waals surface area contributed by atoms with Crippen LogP contribution in [0.1, 0.15) is 10.4 Å². The standard InChI is InChI=1S/C12H10N2O4/c1-18-9-6-5-7-3-2-4-8(12(13)15)10(7)11(9)14(16)17/h2-6H,1H3,(H2,13,15). The minimum absolute atomic E-state index is 0.0983. The molecule has 0 aliphatic rings. The van der Waals surface area contributed by atoms with E-state index in [1.54, 1.807) is 18.2 Å². The molecule has 0 aliphatic heterocycles. The van der Waals surface area contributed by atoms with E-state index in [4.69, 9.17) is 10.5 Å². The van der Waals surface area contributed by atoms with Gasteiger partial charge in [-0.25, -0.2) is 0 Å². The predicted molar refractivity (Wildman–Crippen MR) is 65.7 cm³/mol. The second-order valence-electron chi connectivity index (χ2n) is 3.64. The third-order valence-electron chi connectivity index (χ3n) is 2.65. The van der Waals surface area contributed by atoms with Gasteiger partial charge in [-0.2, -0.15) is 0 Å². The molecule has 0 aliphatic carbocycles. The largest absolute Gasteiger partial charge is 0.490 e. The van der Waals surface area contributed by atoms with Gasteiger partial charge in [0.25, 0.3) is 0 Å². The van der Waals surface area contributed by atoms with Gasteiger partial charge in [0, 0.05) is 0 Å². The van der Waals surface area contributed by atoms with Gasteiger partial charge in [-0.15, -0.1) is 0 Å². The maximum atomic E-state index is 11.3. The number of hydrogen-bond acceptors (Lipinski definition) is 4. The zero-order valence-corrected chi connectivity index (χ0v) is 9.54. The number of carbonyl (C=O) groups is 1. The number of nitro benzene ring substituents is 1. The number of hydrogen-bond donors (Lipinski definition) is 1. The second-order valence-corrected chi connectivity index (χ2v) is 3.64. The summed E-state index contributed by atoms with van der Waals surface area (Å²) in [6, 6.07) is 7.89. The molecule has 0 bridgehead atoms. The van der Waals surface area contributed by atoms with Crippen molar-refractivity contribution in [2.75, 3.05) is 7.11 Å². The van der Waals surface area contributed by atoms with Crippen molar-refractivity contribution in [1.82, 2.24) is 0 Å². The summed E-state index contributed by atoms with van der Waals surface area (Å²) in [5, 5.41) is 11.9. The summed E-state index contributed by atoms with van der Waals surface area (Å²) in [6.07, 6.45) is 0. The lowest BCUT2D eigenvalue weighted by atomic mass is 10.0. The first-order valence-electron chi connectivity index (χ1n) is 5.10. The van der Waals surface area contributed by atoms with E-state index in [1.807, 2.05) is 0 Å². The molecule has 6 heteroatoms. The first-order chi connectivity index (χ1) is 8.56. The van der Waals surface area contributed by atoms with E-state index < -0.39 is 10.8 Å². The first kappa shape index (κ1) is 11.8. The Balaban J connectivity index is 2.97. The summed E-state index contributed by atoms with van der Waals surface area (Å²) < 4.78 is 4.96. The quantitative estimate of drug-likeness (QED) is 0.660. The number of rotatable bonds is 3. The molecular formula is C12H10N2O4. The van der Waals surface area contributed by atoms with E-state index in [1.165, 1.54) is 19.2 Å². The maximum Gasteiger partial charge on any atom is 0.319 e. The average molecular weight is 246 g/mol. The fourth-order valence-corrected chi connectivity index (χ4v) is 1.89. The highest BCUT2D eigenvalue weighted by Gasteiger charge is 2.23. The molecule has 0 saturated carbocycles. The fraction of sp³-hybridized carbons (Fsp3) is 0.0833. The van der Waals surface area contributed by atoms with E-state index in [2.05, 4.69) is 0 Å². The van der Waals surface area contributed by atoms with Crippen LogP contribution in [0.15, 0.2) is 30.3 Å². The third kappa shape index (κ3) is 1.73. The molecule has 0 radical (unpaired) electrons. The van der Waals surface area contributed by atoms with Crippen molar-refractivity contribution in [2.45, 2.75) is 0 Å². The summed E-state index contributed by atoms with van der Waals surface area (Å²) in [4.78, 5) is 21.9. The molecule has 0 heterocycles. The van der Waals surface area contributed by atoms with Crippen LogP contribution in [0, 0.1) is 10.1 Å². The number of benzene rings is 2. The van der Waals surface area contributed by atoms with Crippen molar-refractivity contribution in [3.8, 4) is 5.75 Å². The van der Waals surface area contributed by atoms with Gasteiger partial charge >= 0.3 is 5.69 Å². The number of nitrogens with zero attached hydrogens (tertiary/aromatic N) is 1. The minimum atomic E-state index is -0.711. The third-order valence-corrected chi connectivity index (χ3v) is 2.65. The number of nitrogens with two attached hydrogens (primary N) is 1. The van der Waals surface area contributed by atoms with Crippen LogP contribution in [0.2, 0.25) is 0 Å². The van der Waals surface area contributed by atoms with Gasteiger partial charge in [-0.05, 0) is 17.5 Å². The molecule has 92 valence electrons. The summed E-state index contributed by atoms with van der Waals surface area (Å²) in [7, 11) is 1.33. The van der Waals surface area contributed by atoms with Gasteiger partial charge in [0.05, 0.1) is 23.0 Å². The lowest BCUT2D eigenvalue weighted by Gasteiger charge is -2.07. The number of fused-ring (bicyclic) bond motifs is 1. The smallest absolute Gasteiger partial charge is 0.319 e. The molecule has 0 fully saturated rings. The first-order valence-corrected chi connectivity index (χ1v) is 5.10. The monoisotopic (exact) mass is 246 g/mol. The van der Waals surface area contributed by atoms with Crippen molar-refractivity contribution in [3.05, 3.63) is 46.0 Å². The van der Waals surface area contributed by atoms with Crippen LogP contribution in [-0.2, 0) is 0 Å². The molecule has 0 aromatic heterocycles. The van der Waals surface area contributed by atoms with E-state index in [0.717, 1.165) is 0 Å². The Morgan fingerprint density at radius 3 is 2.61 bits per heavy atom. The van der Waals surface area contributed by atoms with E-state index in [-0.39, 0.29) is 22.4 Å². The lowest BCUT2D eigenvalue weighted by molar-refractivity contribution is -0.383. The summed E-state index contributed by atoms with van der Waals surface area (Å²) in [6.45, 7) is 0. The van der Waals surface area contributed by atoms with Crippen LogP contribution < -0.4 is 10.5 Å². The fourth-order valence-electron chi connectivity index (χ4n) is 1.89. The Morgan fingerprint density at radius 2 is 2.06 bits per heavy atom. The van der Waals surface area contributed by atoms with Gasteiger partial charge < -0.3 is 10.5 Å². The Bertz CT molecular complexity index is 652. The Kier molecular flexibility index (Phi) is 2.85. The number of ether oxygens (including phenoxy) is 1.